The zero-order chi connectivity index (χ0) is 28.9. The molecular formula is C33H38FN3O4. The molecule has 0 bridgehead atoms. The molecule has 5 rings (SSSR count). The lowest BCUT2D eigenvalue weighted by Gasteiger charge is -2.23. The lowest BCUT2D eigenvalue weighted by molar-refractivity contribution is -0.123. The summed E-state index contributed by atoms with van der Waals surface area (Å²) >= 11 is 0. The number of fused-ring (bicyclic) bond motifs is 1. The summed E-state index contributed by atoms with van der Waals surface area (Å²) in [4.78, 5) is 26.1. The van der Waals surface area contributed by atoms with Gasteiger partial charge in [-0.2, -0.15) is 0 Å². The molecule has 3 atom stereocenters. The van der Waals surface area contributed by atoms with Gasteiger partial charge in [-0.25, -0.2) is 4.39 Å². The van der Waals surface area contributed by atoms with Gasteiger partial charge in [0.25, 0.3) is 5.91 Å². The molecule has 2 amide bonds. The maximum Gasteiger partial charge on any atom is 0.251 e. The number of halogens is 1. The van der Waals surface area contributed by atoms with Crippen LogP contribution < -0.4 is 25.4 Å². The third kappa shape index (κ3) is 6.54. The molecular weight excluding hydrogens is 521 g/mol. The quantitative estimate of drug-likeness (QED) is 0.335. The van der Waals surface area contributed by atoms with Crippen LogP contribution in [0.5, 0.6) is 11.5 Å². The molecule has 7 nitrogen and oxygen atoms in total. The monoisotopic (exact) mass is 559 g/mol. The molecule has 41 heavy (non-hydrogen) atoms. The van der Waals surface area contributed by atoms with Gasteiger partial charge < -0.3 is 25.4 Å². The summed E-state index contributed by atoms with van der Waals surface area (Å²) in [7, 11) is 1.59. The van der Waals surface area contributed by atoms with Crippen LogP contribution in [0.3, 0.4) is 0 Å². The van der Waals surface area contributed by atoms with Crippen LogP contribution in [0.25, 0.3) is 11.1 Å². The number of hydrogen-bond donors (Lipinski definition) is 3. The van der Waals surface area contributed by atoms with Gasteiger partial charge in [0.1, 0.15) is 29.3 Å². The van der Waals surface area contributed by atoms with E-state index in [1.807, 2.05) is 30.3 Å². The molecule has 3 aromatic rings. The van der Waals surface area contributed by atoms with E-state index in [9.17, 15) is 14.0 Å². The second-order valence-corrected chi connectivity index (χ2v) is 11.3. The molecule has 0 saturated carbocycles. The van der Waals surface area contributed by atoms with Crippen LogP contribution in [0.2, 0.25) is 0 Å². The minimum Gasteiger partial charge on any atom is -0.493 e. The average Bonchev–Trinajstić information content (AvgIpc) is 3.38. The first-order chi connectivity index (χ1) is 19.8. The van der Waals surface area contributed by atoms with Crippen molar-refractivity contribution in [2.24, 2.45) is 11.8 Å². The van der Waals surface area contributed by atoms with Gasteiger partial charge >= 0.3 is 0 Å². The maximum atomic E-state index is 13.6. The van der Waals surface area contributed by atoms with Crippen LogP contribution in [0, 0.1) is 17.7 Å². The smallest absolute Gasteiger partial charge is 0.251 e. The van der Waals surface area contributed by atoms with Crippen LogP contribution in [-0.4, -0.2) is 45.1 Å². The summed E-state index contributed by atoms with van der Waals surface area (Å²) in [5.41, 5.74) is 3.57. The fraction of sp³-hybridized carbons (Fsp3) is 0.394. The van der Waals surface area contributed by atoms with Gasteiger partial charge in [-0.15, -0.1) is 0 Å². The Morgan fingerprint density at radius 2 is 1.90 bits per heavy atom. The normalized spacial score (nSPS) is 19.8. The van der Waals surface area contributed by atoms with Crippen molar-refractivity contribution in [3.05, 3.63) is 83.2 Å². The van der Waals surface area contributed by atoms with Gasteiger partial charge in [-0.1, -0.05) is 32.0 Å². The summed E-state index contributed by atoms with van der Waals surface area (Å²) in [5, 5.41) is 9.18. The fourth-order valence-corrected chi connectivity index (χ4v) is 5.48. The molecule has 0 spiro atoms. The summed E-state index contributed by atoms with van der Waals surface area (Å²) in [5.74, 6) is 0.697. The van der Waals surface area contributed by atoms with E-state index in [4.69, 9.17) is 9.47 Å². The zero-order valence-electron chi connectivity index (χ0n) is 23.8. The topological polar surface area (TPSA) is 88.7 Å². The molecule has 8 heteroatoms. The van der Waals surface area contributed by atoms with Crippen LogP contribution in [-0.2, 0) is 4.79 Å². The van der Waals surface area contributed by atoms with Crippen molar-refractivity contribution < 1.29 is 23.5 Å². The van der Waals surface area contributed by atoms with Gasteiger partial charge in [-0.05, 0) is 78.9 Å². The summed E-state index contributed by atoms with van der Waals surface area (Å²) in [6, 6.07) is 17.3. The van der Waals surface area contributed by atoms with Crippen LogP contribution in [0.1, 0.15) is 60.2 Å². The molecule has 0 radical (unpaired) electrons. The van der Waals surface area contributed by atoms with Crippen molar-refractivity contribution >= 4 is 11.8 Å². The summed E-state index contributed by atoms with van der Waals surface area (Å²) in [6.07, 6.45) is 1.63. The number of nitrogens with one attached hydrogen (secondary N) is 3. The van der Waals surface area contributed by atoms with E-state index in [0.29, 0.717) is 47.6 Å². The zero-order valence-corrected chi connectivity index (χ0v) is 23.8. The molecule has 2 aliphatic heterocycles. The number of amides is 2. The van der Waals surface area contributed by atoms with Crippen molar-refractivity contribution in [3.8, 4) is 22.6 Å². The van der Waals surface area contributed by atoms with E-state index >= 15 is 0 Å². The molecule has 3 N–H and O–H groups in total. The van der Waals surface area contributed by atoms with E-state index < -0.39 is 12.0 Å². The van der Waals surface area contributed by atoms with Gasteiger partial charge in [-0.3, -0.25) is 9.59 Å². The SMILES string of the molecule is CNC(=O)C1c2cc(-c3cc(C(=O)NCC(C)C)ccc3OCC3CCCNC3)ccc2OC1c1ccc(F)cc1. The Morgan fingerprint density at radius 1 is 1.10 bits per heavy atom. The molecule has 0 aromatic heterocycles. The molecule has 1 fully saturated rings. The van der Waals surface area contributed by atoms with Crippen LogP contribution in [0.15, 0.2) is 60.7 Å². The van der Waals surface area contributed by atoms with Crippen molar-refractivity contribution in [3.63, 3.8) is 0 Å². The number of likely N-dealkylation sites (N-methyl/N-ethyl adjacent to an activating group) is 1. The Hall–Kier alpha value is -3.91. The Labute approximate surface area is 240 Å². The molecule has 2 aliphatic rings. The standard InChI is InChI=1S/C33H38FN3O4/c1-20(2)17-37-32(38)24-9-12-28(40-19-21-5-4-14-36-18-21)26(16-24)23-8-13-29-27(15-23)30(33(39)35-3)31(41-29)22-6-10-25(34)11-7-22/h6-13,15-16,20-21,30-31,36H,4-5,14,17-19H2,1-3H3,(H,35,39)(H,37,38). The van der Waals surface area contributed by atoms with Crippen molar-refractivity contribution in [2.75, 3.05) is 33.3 Å². The Morgan fingerprint density at radius 3 is 2.61 bits per heavy atom. The highest BCUT2D eigenvalue weighted by Crippen LogP contribution is 2.48. The predicted octanol–water partition coefficient (Wildman–Crippen LogP) is 5.22. The highest BCUT2D eigenvalue weighted by atomic mass is 19.1. The van der Waals surface area contributed by atoms with E-state index in [0.717, 1.165) is 42.6 Å². The van der Waals surface area contributed by atoms with Gasteiger partial charge in [0.2, 0.25) is 5.91 Å². The molecule has 3 unspecified atom stereocenters. The number of hydrogen-bond acceptors (Lipinski definition) is 5. The van der Waals surface area contributed by atoms with Crippen molar-refractivity contribution in [1.29, 1.82) is 0 Å². The lowest BCUT2D eigenvalue weighted by Crippen LogP contribution is -2.33. The molecule has 3 aromatic carbocycles. The second kappa shape index (κ2) is 12.7. The first-order valence-electron chi connectivity index (χ1n) is 14.4. The Balaban J connectivity index is 1.51. The number of carbonyl (C=O) groups is 2. The number of benzene rings is 3. The molecule has 1 saturated heterocycles. The minimum absolute atomic E-state index is 0.146. The number of piperidine rings is 1. The average molecular weight is 560 g/mol. The number of carbonyl (C=O) groups excluding carboxylic acids is 2. The van der Waals surface area contributed by atoms with Crippen molar-refractivity contribution in [1.82, 2.24) is 16.0 Å². The van der Waals surface area contributed by atoms with E-state index in [1.54, 1.807) is 25.2 Å². The Bertz CT molecular complexity index is 1390. The number of ether oxygens (including phenoxy) is 2. The maximum absolute atomic E-state index is 13.6. The summed E-state index contributed by atoms with van der Waals surface area (Å²) in [6.45, 7) is 7.20. The van der Waals surface area contributed by atoms with E-state index in [1.165, 1.54) is 12.1 Å². The van der Waals surface area contributed by atoms with Crippen molar-refractivity contribution in [2.45, 2.75) is 38.7 Å². The third-order valence-corrected chi connectivity index (χ3v) is 7.73. The lowest BCUT2D eigenvalue weighted by atomic mass is 9.88. The largest absolute Gasteiger partial charge is 0.493 e. The first-order valence-corrected chi connectivity index (χ1v) is 14.4. The van der Waals surface area contributed by atoms with E-state index in [-0.39, 0.29) is 17.6 Å². The van der Waals surface area contributed by atoms with Crippen LogP contribution >= 0.6 is 0 Å². The number of rotatable bonds is 9. The Kier molecular flexibility index (Phi) is 8.88. The van der Waals surface area contributed by atoms with Gasteiger partial charge in [0.05, 0.1) is 6.61 Å². The first kappa shape index (κ1) is 28.6. The third-order valence-electron chi connectivity index (χ3n) is 7.73. The van der Waals surface area contributed by atoms with Gasteiger partial charge in [0, 0.05) is 42.7 Å². The fourth-order valence-electron chi connectivity index (χ4n) is 5.48. The minimum atomic E-state index is -0.629. The van der Waals surface area contributed by atoms with E-state index in [2.05, 4.69) is 29.8 Å². The second-order valence-electron chi connectivity index (χ2n) is 11.3. The molecule has 0 aliphatic carbocycles. The molecule has 2 heterocycles. The van der Waals surface area contributed by atoms with Crippen LogP contribution in [0.4, 0.5) is 4.39 Å². The predicted molar refractivity (Wildman–Crippen MR) is 157 cm³/mol. The highest BCUT2D eigenvalue weighted by Gasteiger charge is 2.40. The highest BCUT2D eigenvalue weighted by molar-refractivity contribution is 5.96. The molecule has 216 valence electrons. The summed E-state index contributed by atoms with van der Waals surface area (Å²) < 4.78 is 26.2. The van der Waals surface area contributed by atoms with Gasteiger partial charge in [0.15, 0.2) is 0 Å².